The third kappa shape index (κ3) is 1.90. The van der Waals surface area contributed by atoms with E-state index in [4.69, 9.17) is 0 Å². The predicted octanol–water partition coefficient (Wildman–Crippen LogP) is 3.02. The minimum atomic E-state index is 0.110. The molecule has 1 nitrogen and oxygen atoms in total. The van der Waals surface area contributed by atoms with Gasteiger partial charge < -0.3 is 0 Å². The van der Waals surface area contributed by atoms with Gasteiger partial charge in [-0.25, -0.2) is 0 Å². The van der Waals surface area contributed by atoms with Crippen LogP contribution in [0.5, 0.6) is 0 Å². The summed E-state index contributed by atoms with van der Waals surface area (Å²) in [6.07, 6.45) is 2.27. The predicted molar refractivity (Wildman–Crippen MR) is 54.4 cm³/mol. The van der Waals surface area contributed by atoms with E-state index in [1.165, 1.54) is 6.42 Å². The van der Waals surface area contributed by atoms with Gasteiger partial charge in [-0.15, -0.1) is 0 Å². The van der Waals surface area contributed by atoms with E-state index in [1.54, 1.807) is 0 Å². The molecule has 2 heteroatoms. The summed E-state index contributed by atoms with van der Waals surface area (Å²) in [5, 5.41) is 0. The average Bonchev–Trinajstić information content (AvgIpc) is 2.00. The van der Waals surface area contributed by atoms with E-state index in [9.17, 15) is 4.79 Å². The average molecular weight is 233 g/mol. The van der Waals surface area contributed by atoms with Gasteiger partial charge in [0.2, 0.25) is 0 Å². The van der Waals surface area contributed by atoms with E-state index in [-0.39, 0.29) is 4.83 Å². The number of hydrogen-bond donors (Lipinski definition) is 0. The van der Waals surface area contributed by atoms with Crippen molar-refractivity contribution in [1.29, 1.82) is 0 Å². The molecule has 12 heavy (non-hydrogen) atoms. The second kappa shape index (κ2) is 3.91. The number of carbonyl (C=O) groups is 1. The summed E-state index contributed by atoms with van der Waals surface area (Å²) in [6.45, 7) is 6.42. The van der Waals surface area contributed by atoms with Crippen molar-refractivity contribution in [2.75, 3.05) is 0 Å². The number of halogens is 1. The molecule has 0 bridgehead atoms. The number of ketones is 1. The number of alkyl halides is 1. The first-order chi connectivity index (χ1) is 5.54. The SMILES string of the molecule is CC(C)[C@@H]1CC[C@@H](C)[C@@H](Br)C1=O. The first kappa shape index (κ1) is 10.2. The molecule has 1 rings (SSSR count). The topological polar surface area (TPSA) is 17.1 Å². The maximum Gasteiger partial charge on any atom is 0.150 e. The summed E-state index contributed by atoms with van der Waals surface area (Å²) in [5.41, 5.74) is 0. The molecule has 0 saturated heterocycles. The van der Waals surface area contributed by atoms with Crippen LogP contribution in [-0.2, 0) is 4.79 Å². The van der Waals surface area contributed by atoms with Crippen LogP contribution in [-0.4, -0.2) is 10.6 Å². The van der Waals surface area contributed by atoms with Crippen LogP contribution in [0, 0.1) is 17.8 Å². The zero-order chi connectivity index (χ0) is 9.30. The first-order valence-electron chi connectivity index (χ1n) is 4.71. The van der Waals surface area contributed by atoms with Crippen molar-refractivity contribution >= 4 is 21.7 Å². The van der Waals surface area contributed by atoms with E-state index in [0.29, 0.717) is 23.5 Å². The summed E-state index contributed by atoms with van der Waals surface area (Å²) >= 11 is 3.48. The smallest absolute Gasteiger partial charge is 0.150 e. The van der Waals surface area contributed by atoms with Gasteiger partial charge in [0.1, 0.15) is 5.78 Å². The quantitative estimate of drug-likeness (QED) is 0.636. The molecule has 0 aromatic rings. The van der Waals surface area contributed by atoms with E-state index in [2.05, 4.69) is 36.7 Å². The maximum atomic E-state index is 11.7. The highest BCUT2D eigenvalue weighted by atomic mass is 79.9. The van der Waals surface area contributed by atoms with Crippen molar-refractivity contribution in [3.05, 3.63) is 0 Å². The van der Waals surface area contributed by atoms with Gasteiger partial charge in [-0.3, -0.25) is 4.79 Å². The summed E-state index contributed by atoms with van der Waals surface area (Å²) < 4.78 is 0. The number of carbonyl (C=O) groups excluding carboxylic acids is 1. The van der Waals surface area contributed by atoms with Crippen molar-refractivity contribution in [3.8, 4) is 0 Å². The molecule has 0 aliphatic heterocycles. The Hall–Kier alpha value is 0.150. The molecule has 1 aliphatic carbocycles. The van der Waals surface area contributed by atoms with Crippen LogP contribution in [0.4, 0.5) is 0 Å². The highest BCUT2D eigenvalue weighted by Gasteiger charge is 2.35. The molecule has 3 atom stereocenters. The summed E-state index contributed by atoms with van der Waals surface area (Å²) in [4.78, 5) is 11.8. The fourth-order valence-electron chi connectivity index (χ4n) is 1.88. The molecule has 0 aromatic heterocycles. The monoisotopic (exact) mass is 232 g/mol. The Kier molecular flexibility index (Phi) is 3.33. The van der Waals surface area contributed by atoms with Crippen LogP contribution in [0.1, 0.15) is 33.6 Å². The van der Waals surface area contributed by atoms with Gasteiger partial charge in [-0.1, -0.05) is 36.7 Å². The van der Waals surface area contributed by atoms with Crippen molar-refractivity contribution in [2.45, 2.75) is 38.4 Å². The Morgan fingerprint density at radius 2 is 2.00 bits per heavy atom. The Labute approximate surface area is 83.0 Å². The van der Waals surface area contributed by atoms with Crippen molar-refractivity contribution < 1.29 is 4.79 Å². The minimum absolute atomic E-state index is 0.110. The van der Waals surface area contributed by atoms with Crippen LogP contribution in [0.25, 0.3) is 0 Å². The van der Waals surface area contributed by atoms with Crippen LogP contribution in [0.2, 0.25) is 0 Å². The molecule has 1 fully saturated rings. The highest BCUT2D eigenvalue weighted by molar-refractivity contribution is 9.10. The Morgan fingerprint density at radius 3 is 2.50 bits per heavy atom. The minimum Gasteiger partial charge on any atom is -0.298 e. The van der Waals surface area contributed by atoms with Gasteiger partial charge in [0, 0.05) is 5.92 Å². The molecule has 0 aromatic carbocycles. The van der Waals surface area contributed by atoms with Gasteiger partial charge >= 0.3 is 0 Å². The van der Waals surface area contributed by atoms with Crippen molar-refractivity contribution in [1.82, 2.24) is 0 Å². The van der Waals surface area contributed by atoms with E-state index in [0.717, 1.165) is 6.42 Å². The Morgan fingerprint density at radius 1 is 1.42 bits per heavy atom. The van der Waals surface area contributed by atoms with E-state index < -0.39 is 0 Å². The Balaban J connectivity index is 2.65. The van der Waals surface area contributed by atoms with Gasteiger partial charge in [-0.05, 0) is 24.7 Å². The lowest BCUT2D eigenvalue weighted by Crippen LogP contribution is -2.36. The zero-order valence-corrected chi connectivity index (χ0v) is 9.60. The van der Waals surface area contributed by atoms with Crippen LogP contribution in [0.15, 0.2) is 0 Å². The number of Topliss-reactive ketones (excluding diaryl/α,β-unsaturated/α-hetero) is 1. The normalized spacial score (nSPS) is 37.4. The largest absolute Gasteiger partial charge is 0.298 e. The van der Waals surface area contributed by atoms with Crippen LogP contribution < -0.4 is 0 Å². The first-order valence-corrected chi connectivity index (χ1v) is 5.63. The molecule has 0 unspecified atom stereocenters. The van der Waals surface area contributed by atoms with E-state index >= 15 is 0 Å². The highest BCUT2D eigenvalue weighted by Crippen LogP contribution is 2.34. The second-order valence-corrected chi connectivity index (χ2v) is 5.20. The molecular weight excluding hydrogens is 216 g/mol. The molecule has 70 valence electrons. The Bertz CT molecular complexity index is 177. The molecule has 0 radical (unpaired) electrons. The fraction of sp³-hybridized carbons (Fsp3) is 0.900. The molecule has 1 aliphatic rings. The lowest BCUT2D eigenvalue weighted by molar-refractivity contribution is -0.126. The third-order valence-electron chi connectivity index (χ3n) is 2.87. The molecule has 0 spiro atoms. The summed E-state index contributed by atoms with van der Waals surface area (Å²) in [5.74, 6) is 1.74. The van der Waals surface area contributed by atoms with Gasteiger partial charge in [0.25, 0.3) is 0 Å². The number of hydrogen-bond acceptors (Lipinski definition) is 1. The standard InChI is InChI=1S/C10H17BrO/c1-6(2)8-5-4-7(3)9(11)10(8)12/h6-9H,4-5H2,1-3H3/t7-,8+,9-/m1/s1. The van der Waals surface area contributed by atoms with Crippen molar-refractivity contribution in [3.63, 3.8) is 0 Å². The lowest BCUT2D eigenvalue weighted by Gasteiger charge is -2.31. The second-order valence-electron chi connectivity index (χ2n) is 4.21. The number of rotatable bonds is 1. The molecular formula is C10H17BrO. The summed E-state index contributed by atoms with van der Waals surface area (Å²) in [6, 6.07) is 0. The van der Waals surface area contributed by atoms with Gasteiger partial charge in [0.15, 0.2) is 0 Å². The van der Waals surface area contributed by atoms with Crippen molar-refractivity contribution in [2.24, 2.45) is 17.8 Å². The molecule has 0 N–H and O–H groups in total. The van der Waals surface area contributed by atoms with Gasteiger partial charge in [-0.2, -0.15) is 0 Å². The maximum absolute atomic E-state index is 11.7. The van der Waals surface area contributed by atoms with Crippen LogP contribution >= 0.6 is 15.9 Å². The van der Waals surface area contributed by atoms with E-state index in [1.807, 2.05) is 0 Å². The lowest BCUT2D eigenvalue weighted by atomic mass is 9.76. The fourth-order valence-corrected chi connectivity index (χ4v) is 2.48. The zero-order valence-electron chi connectivity index (χ0n) is 8.01. The molecule has 1 saturated carbocycles. The molecule has 0 heterocycles. The molecule has 0 amide bonds. The van der Waals surface area contributed by atoms with Gasteiger partial charge in [0.05, 0.1) is 4.83 Å². The van der Waals surface area contributed by atoms with Crippen LogP contribution in [0.3, 0.4) is 0 Å². The third-order valence-corrected chi connectivity index (χ3v) is 4.23. The summed E-state index contributed by atoms with van der Waals surface area (Å²) in [7, 11) is 0.